The first-order chi connectivity index (χ1) is 8.05. The number of hydrogen-bond donors (Lipinski definition) is 1. The van der Waals surface area contributed by atoms with Gasteiger partial charge in [-0.3, -0.25) is 4.79 Å². The Kier molecular flexibility index (Phi) is 2.71. The van der Waals surface area contributed by atoms with Crippen molar-refractivity contribution in [3.63, 3.8) is 0 Å². The molecule has 2 rings (SSSR count). The predicted octanol–water partition coefficient (Wildman–Crippen LogP) is 1.82. The number of aromatic nitrogens is 2. The van der Waals surface area contributed by atoms with Crippen molar-refractivity contribution in [2.75, 3.05) is 5.73 Å². The SMILES string of the molecule is CC(=O)C(C)(c1ccccc1)n1cnc(N)c1. The van der Waals surface area contributed by atoms with Crippen LogP contribution in [0.15, 0.2) is 42.9 Å². The minimum atomic E-state index is -0.758. The number of ketones is 1. The van der Waals surface area contributed by atoms with Crippen LogP contribution in [0.2, 0.25) is 0 Å². The van der Waals surface area contributed by atoms with Crippen molar-refractivity contribution in [1.29, 1.82) is 0 Å². The molecule has 0 amide bonds. The maximum Gasteiger partial charge on any atom is 0.159 e. The average Bonchev–Trinajstić information content (AvgIpc) is 2.76. The number of nitrogens with two attached hydrogens (primary N) is 1. The highest BCUT2D eigenvalue weighted by Gasteiger charge is 2.33. The van der Waals surface area contributed by atoms with E-state index in [1.807, 2.05) is 37.3 Å². The molecule has 2 aromatic rings. The number of benzene rings is 1. The third-order valence-electron chi connectivity index (χ3n) is 3.14. The average molecular weight is 229 g/mol. The molecule has 4 nitrogen and oxygen atoms in total. The van der Waals surface area contributed by atoms with Crippen molar-refractivity contribution < 1.29 is 4.79 Å². The number of carbonyl (C=O) groups excluding carboxylic acids is 1. The number of carbonyl (C=O) groups is 1. The lowest BCUT2D eigenvalue weighted by molar-refractivity contribution is -0.122. The molecule has 1 aromatic heterocycles. The molecule has 0 saturated heterocycles. The van der Waals surface area contributed by atoms with Gasteiger partial charge in [0.05, 0.1) is 6.33 Å². The molecule has 1 unspecified atom stereocenters. The summed E-state index contributed by atoms with van der Waals surface area (Å²) >= 11 is 0. The van der Waals surface area contributed by atoms with E-state index in [0.717, 1.165) is 5.56 Å². The quantitative estimate of drug-likeness (QED) is 0.873. The molecule has 88 valence electrons. The lowest BCUT2D eigenvalue weighted by Crippen LogP contribution is -2.37. The largest absolute Gasteiger partial charge is 0.382 e. The Balaban J connectivity index is 2.58. The summed E-state index contributed by atoms with van der Waals surface area (Å²) in [7, 11) is 0. The minimum Gasteiger partial charge on any atom is -0.382 e. The van der Waals surface area contributed by atoms with Gasteiger partial charge in [-0.1, -0.05) is 30.3 Å². The van der Waals surface area contributed by atoms with Crippen LogP contribution in [-0.2, 0) is 10.3 Å². The van der Waals surface area contributed by atoms with E-state index in [1.54, 1.807) is 24.0 Å². The summed E-state index contributed by atoms with van der Waals surface area (Å²) in [6, 6.07) is 9.61. The van der Waals surface area contributed by atoms with Crippen LogP contribution in [-0.4, -0.2) is 15.3 Å². The highest BCUT2D eigenvalue weighted by molar-refractivity contribution is 5.87. The summed E-state index contributed by atoms with van der Waals surface area (Å²) in [5.74, 6) is 0.453. The predicted molar refractivity (Wildman–Crippen MR) is 66.5 cm³/mol. The van der Waals surface area contributed by atoms with Gasteiger partial charge in [0, 0.05) is 6.20 Å². The molecule has 17 heavy (non-hydrogen) atoms. The topological polar surface area (TPSA) is 60.9 Å². The third kappa shape index (κ3) is 1.82. The van der Waals surface area contributed by atoms with Crippen LogP contribution in [0.5, 0.6) is 0 Å². The first-order valence-electron chi connectivity index (χ1n) is 5.41. The molecule has 2 N–H and O–H groups in total. The number of hydrogen-bond acceptors (Lipinski definition) is 3. The molecule has 0 bridgehead atoms. The van der Waals surface area contributed by atoms with Crippen molar-refractivity contribution in [3.05, 3.63) is 48.4 Å². The summed E-state index contributed by atoms with van der Waals surface area (Å²) in [5.41, 5.74) is 5.77. The van der Waals surface area contributed by atoms with E-state index in [0.29, 0.717) is 5.82 Å². The van der Waals surface area contributed by atoms with Crippen LogP contribution in [0.3, 0.4) is 0 Å². The summed E-state index contributed by atoms with van der Waals surface area (Å²) in [5, 5.41) is 0. The lowest BCUT2D eigenvalue weighted by atomic mass is 9.88. The second-order valence-corrected chi connectivity index (χ2v) is 4.20. The van der Waals surface area contributed by atoms with Crippen molar-refractivity contribution >= 4 is 11.6 Å². The first kappa shape index (κ1) is 11.4. The number of anilines is 1. The fraction of sp³-hybridized carbons (Fsp3) is 0.231. The Bertz CT molecular complexity index is 533. The van der Waals surface area contributed by atoms with Crippen LogP contribution in [0.1, 0.15) is 19.4 Å². The number of nitrogens with zero attached hydrogens (tertiary/aromatic N) is 2. The standard InChI is InChI=1S/C13H15N3O/c1-10(17)13(2,11-6-4-3-5-7-11)16-8-12(14)15-9-16/h3-9H,14H2,1-2H3. The maximum atomic E-state index is 12.0. The highest BCUT2D eigenvalue weighted by atomic mass is 16.1. The second kappa shape index (κ2) is 4.05. The molecule has 0 radical (unpaired) electrons. The van der Waals surface area contributed by atoms with Gasteiger partial charge in [0.15, 0.2) is 5.78 Å². The molecular weight excluding hydrogens is 214 g/mol. The maximum absolute atomic E-state index is 12.0. The minimum absolute atomic E-state index is 0.0427. The Labute approximate surface area is 100 Å². The van der Waals surface area contributed by atoms with E-state index in [1.165, 1.54) is 0 Å². The Morgan fingerprint density at radius 3 is 2.47 bits per heavy atom. The summed E-state index contributed by atoms with van der Waals surface area (Å²) in [4.78, 5) is 16.0. The van der Waals surface area contributed by atoms with E-state index < -0.39 is 5.54 Å². The van der Waals surface area contributed by atoms with Crippen LogP contribution in [0, 0.1) is 0 Å². The number of imidazole rings is 1. The zero-order valence-electron chi connectivity index (χ0n) is 9.92. The van der Waals surface area contributed by atoms with E-state index in [4.69, 9.17) is 5.73 Å². The molecule has 4 heteroatoms. The number of Topliss-reactive ketones (excluding diaryl/α,β-unsaturated/α-hetero) is 1. The van der Waals surface area contributed by atoms with Gasteiger partial charge < -0.3 is 10.3 Å². The van der Waals surface area contributed by atoms with Gasteiger partial charge in [-0.05, 0) is 19.4 Å². The smallest absolute Gasteiger partial charge is 0.159 e. The van der Waals surface area contributed by atoms with Crippen molar-refractivity contribution in [2.45, 2.75) is 19.4 Å². The van der Waals surface area contributed by atoms with E-state index in [-0.39, 0.29) is 5.78 Å². The summed E-state index contributed by atoms with van der Waals surface area (Å²) < 4.78 is 1.75. The Morgan fingerprint density at radius 1 is 1.35 bits per heavy atom. The number of nitrogen functional groups attached to an aromatic ring is 1. The van der Waals surface area contributed by atoms with Crippen LogP contribution >= 0.6 is 0 Å². The van der Waals surface area contributed by atoms with Crippen LogP contribution in [0.25, 0.3) is 0 Å². The molecule has 0 aliphatic heterocycles. The molecule has 0 fully saturated rings. The van der Waals surface area contributed by atoms with Crippen LogP contribution in [0.4, 0.5) is 5.82 Å². The molecule has 0 aliphatic rings. The van der Waals surface area contributed by atoms with Gasteiger partial charge in [0.25, 0.3) is 0 Å². The Morgan fingerprint density at radius 2 is 2.00 bits per heavy atom. The molecule has 1 aromatic carbocycles. The van der Waals surface area contributed by atoms with Crippen LogP contribution < -0.4 is 5.73 Å². The van der Waals surface area contributed by atoms with Crippen molar-refractivity contribution in [2.24, 2.45) is 0 Å². The van der Waals surface area contributed by atoms with Gasteiger partial charge in [-0.2, -0.15) is 0 Å². The zero-order valence-corrected chi connectivity index (χ0v) is 9.92. The van der Waals surface area contributed by atoms with Gasteiger partial charge >= 0.3 is 0 Å². The van der Waals surface area contributed by atoms with Crippen molar-refractivity contribution in [1.82, 2.24) is 9.55 Å². The second-order valence-electron chi connectivity index (χ2n) is 4.20. The summed E-state index contributed by atoms with van der Waals surface area (Å²) in [6.45, 7) is 3.44. The molecule has 0 saturated carbocycles. The van der Waals surface area contributed by atoms with E-state index in [2.05, 4.69) is 4.98 Å². The van der Waals surface area contributed by atoms with E-state index in [9.17, 15) is 4.79 Å². The molecule has 0 spiro atoms. The molecule has 0 aliphatic carbocycles. The van der Waals surface area contributed by atoms with Gasteiger partial charge in [0.2, 0.25) is 0 Å². The normalized spacial score (nSPS) is 14.2. The fourth-order valence-electron chi connectivity index (χ4n) is 1.88. The van der Waals surface area contributed by atoms with E-state index >= 15 is 0 Å². The highest BCUT2D eigenvalue weighted by Crippen LogP contribution is 2.27. The molecule has 1 atom stereocenters. The fourth-order valence-corrected chi connectivity index (χ4v) is 1.88. The first-order valence-corrected chi connectivity index (χ1v) is 5.41. The van der Waals surface area contributed by atoms with Gasteiger partial charge in [-0.25, -0.2) is 4.98 Å². The Hall–Kier alpha value is -2.10. The summed E-state index contributed by atoms with van der Waals surface area (Å²) in [6.07, 6.45) is 3.26. The lowest BCUT2D eigenvalue weighted by Gasteiger charge is -2.28. The monoisotopic (exact) mass is 229 g/mol. The zero-order chi connectivity index (χ0) is 12.5. The third-order valence-corrected chi connectivity index (χ3v) is 3.14. The van der Waals surface area contributed by atoms with Gasteiger partial charge in [0.1, 0.15) is 11.4 Å². The molecular formula is C13H15N3O. The number of rotatable bonds is 3. The van der Waals surface area contributed by atoms with Gasteiger partial charge in [-0.15, -0.1) is 0 Å². The van der Waals surface area contributed by atoms with Crippen molar-refractivity contribution in [3.8, 4) is 0 Å². The molecule has 1 heterocycles.